The summed E-state index contributed by atoms with van der Waals surface area (Å²) in [5.41, 5.74) is 0.0806. The summed E-state index contributed by atoms with van der Waals surface area (Å²) >= 11 is 12.5. The van der Waals surface area contributed by atoms with Crippen LogP contribution in [0, 0.1) is 5.82 Å². The number of imide groups is 1. The lowest BCUT2D eigenvalue weighted by atomic mass is 10.2. The summed E-state index contributed by atoms with van der Waals surface area (Å²) in [6.07, 6.45) is 1.29. The number of carbonyl (C=O) groups excluding carboxylic acids is 2. The minimum Gasteiger partial charge on any atom is -0.492 e. The number of ether oxygens (including phenoxy) is 1. The van der Waals surface area contributed by atoms with E-state index in [2.05, 4.69) is 0 Å². The second kappa shape index (κ2) is 8.12. The molecular formula is C18H12Cl2FNO3S. The standard InChI is InChI=1S/C18H12Cl2FNO3S/c19-11-4-6-12(7-5-11)25-9-8-22-17(23)16(26-18(22)24)10-13-14(20)2-1-3-15(13)21/h1-7,10H,8-9H2/b16-10-. The Morgan fingerprint density at radius 1 is 1.12 bits per heavy atom. The molecule has 2 aromatic carbocycles. The molecule has 0 saturated carbocycles. The van der Waals surface area contributed by atoms with Gasteiger partial charge in [0.1, 0.15) is 18.2 Å². The van der Waals surface area contributed by atoms with Gasteiger partial charge >= 0.3 is 0 Å². The quantitative estimate of drug-likeness (QED) is 0.630. The predicted molar refractivity (Wildman–Crippen MR) is 101 cm³/mol. The Hall–Kier alpha value is -2.02. The van der Waals surface area contributed by atoms with E-state index >= 15 is 0 Å². The predicted octanol–water partition coefficient (Wildman–Crippen LogP) is 5.25. The van der Waals surface area contributed by atoms with Crippen LogP contribution in [-0.2, 0) is 4.79 Å². The molecule has 1 saturated heterocycles. The van der Waals surface area contributed by atoms with Gasteiger partial charge in [-0.2, -0.15) is 0 Å². The van der Waals surface area contributed by atoms with Crippen molar-refractivity contribution in [1.82, 2.24) is 4.90 Å². The highest BCUT2D eigenvalue weighted by molar-refractivity contribution is 8.18. The van der Waals surface area contributed by atoms with Crippen LogP contribution in [0.3, 0.4) is 0 Å². The van der Waals surface area contributed by atoms with Gasteiger partial charge in [-0.1, -0.05) is 29.3 Å². The number of amides is 2. The first-order valence-corrected chi connectivity index (χ1v) is 9.10. The molecule has 0 radical (unpaired) electrons. The average Bonchev–Trinajstić information content (AvgIpc) is 2.87. The molecular weight excluding hydrogens is 400 g/mol. The number of hydrogen-bond donors (Lipinski definition) is 0. The highest BCUT2D eigenvalue weighted by atomic mass is 35.5. The van der Waals surface area contributed by atoms with E-state index in [0.717, 1.165) is 16.7 Å². The molecule has 4 nitrogen and oxygen atoms in total. The van der Waals surface area contributed by atoms with Crippen LogP contribution < -0.4 is 4.74 Å². The third-order valence-electron chi connectivity index (χ3n) is 3.55. The van der Waals surface area contributed by atoms with Gasteiger partial charge in [-0.15, -0.1) is 0 Å². The maximum atomic E-state index is 13.9. The Kier molecular flexibility index (Phi) is 5.86. The highest BCUT2D eigenvalue weighted by Crippen LogP contribution is 2.34. The first kappa shape index (κ1) is 18.8. The molecule has 2 aromatic rings. The summed E-state index contributed by atoms with van der Waals surface area (Å²) in [6, 6.07) is 11.0. The van der Waals surface area contributed by atoms with Gasteiger partial charge in [0, 0.05) is 10.6 Å². The maximum Gasteiger partial charge on any atom is 0.293 e. The van der Waals surface area contributed by atoms with Crippen molar-refractivity contribution in [2.45, 2.75) is 0 Å². The highest BCUT2D eigenvalue weighted by Gasteiger charge is 2.35. The maximum absolute atomic E-state index is 13.9. The number of rotatable bonds is 5. The van der Waals surface area contributed by atoms with E-state index in [1.165, 1.54) is 24.3 Å². The van der Waals surface area contributed by atoms with Gasteiger partial charge in [0.2, 0.25) is 0 Å². The van der Waals surface area contributed by atoms with Crippen LogP contribution in [0.25, 0.3) is 6.08 Å². The smallest absolute Gasteiger partial charge is 0.293 e. The van der Waals surface area contributed by atoms with Gasteiger partial charge < -0.3 is 4.74 Å². The minimum absolute atomic E-state index is 0.0790. The van der Waals surface area contributed by atoms with Crippen molar-refractivity contribution in [3.63, 3.8) is 0 Å². The summed E-state index contributed by atoms with van der Waals surface area (Å²) in [5.74, 6) is -0.482. The summed E-state index contributed by atoms with van der Waals surface area (Å²) in [7, 11) is 0. The molecule has 0 aromatic heterocycles. The van der Waals surface area contributed by atoms with Gasteiger partial charge in [-0.05, 0) is 54.2 Å². The first-order chi connectivity index (χ1) is 12.5. The van der Waals surface area contributed by atoms with Crippen molar-refractivity contribution in [3.05, 3.63) is 68.8 Å². The van der Waals surface area contributed by atoms with Crippen LogP contribution in [0.2, 0.25) is 10.0 Å². The molecule has 8 heteroatoms. The van der Waals surface area contributed by atoms with Crippen molar-refractivity contribution in [1.29, 1.82) is 0 Å². The number of carbonyl (C=O) groups is 2. The average molecular weight is 412 g/mol. The Labute approximate surface area is 163 Å². The molecule has 0 unspecified atom stereocenters. The molecule has 0 aliphatic carbocycles. The molecule has 26 heavy (non-hydrogen) atoms. The van der Waals surface area contributed by atoms with Crippen molar-refractivity contribution >= 4 is 52.2 Å². The monoisotopic (exact) mass is 411 g/mol. The van der Waals surface area contributed by atoms with Crippen molar-refractivity contribution in [2.24, 2.45) is 0 Å². The van der Waals surface area contributed by atoms with E-state index in [9.17, 15) is 14.0 Å². The number of nitrogens with zero attached hydrogens (tertiary/aromatic N) is 1. The van der Waals surface area contributed by atoms with Gasteiger partial charge in [-0.25, -0.2) is 4.39 Å². The summed E-state index contributed by atoms with van der Waals surface area (Å²) < 4.78 is 19.4. The number of hydrogen-bond acceptors (Lipinski definition) is 4. The van der Waals surface area contributed by atoms with Gasteiger partial charge in [0.25, 0.3) is 11.1 Å². The zero-order valence-electron chi connectivity index (χ0n) is 13.2. The minimum atomic E-state index is -0.560. The normalized spacial score (nSPS) is 15.8. The number of halogens is 3. The van der Waals surface area contributed by atoms with Crippen LogP contribution in [0.1, 0.15) is 5.56 Å². The van der Waals surface area contributed by atoms with Crippen molar-refractivity contribution in [2.75, 3.05) is 13.2 Å². The zero-order valence-corrected chi connectivity index (χ0v) is 15.6. The van der Waals surface area contributed by atoms with Gasteiger partial charge in [-0.3, -0.25) is 14.5 Å². The molecule has 0 spiro atoms. The molecule has 1 fully saturated rings. The summed E-state index contributed by atoms with van der Waals surface area (Å²) in [6.45, 7) is 0.211. The van der Waals surface area contributed by atoms with Crippen molar-refractivity contribution < 1.29 is 18.7 Å². The zero-order chi connectivity index (χ0) is 18.7. The van der Waals surface area contributed by atoms with E-state index < -0.39 is 17.0 Å². The Morgan fingerprint density at radius 2 is 1.85 bits per heavy atom. The van der Waals surface area contributed by atoms with Crippen LogP contribution >= 0.6 is 35.0 Å². The number of thioether (sulfide) groups is 1. The lowest BCUT2D eigenvalue weighted by Gasteiger charge is -2.13. The second-order valence-electron chi connectivity index (χ2n) is 5.27. The molecule has 134 valence electrons. The molecule has 1 aliphatic heterocycles. The fourth-order valence-electron chi connectivity index (χ4n) is 2.26. The molecule has 1 heterocycles. The van der Waals surface area contributed by atoms with E-state index in [-0.39, 0.29) is 28.6 Å². The Balaban J connectivity index is 1.67. The molecule has 1 aliphatic rings. The van der Waals surface area contributed by atoms with E-state index in [1.807, 2.05) is 0 Å². The lowest BCUT2D eigenvalue weighted by molar-refractivity contribution is -0.123. The summed E-state index contributed by atoms with van der Waals surface area (Å²) in [4.78, 5) is 25.7. The van der Waals surface area contributed by atoms with E-state index in [1.54, 1.807) is 24.3 Å². The van der Waals surface area contributed by atoms with Crippen LogP contribution in [0.4, 0.5) is 9.18 Å². The molecule has 2 amide bonds. The molecule has 0 atom stereocenters. The molecule has 0 bridgehead atoms. The van der Waals surface area contributed by atoms with Gasteiger partial charge in [0.05, 0.1) is 16.5 Å². The van der Waals surface area contributed by atoms with Crippen molar-refractivity contribution in [3.8, 4) is 5.75 Å². The largest absolute Gasteiger partial charge is 0.492 e. The second-order valence-corrected chi connectivity index (χ2v) is 7.11. The topological polar surface area (TPSA) is 46.6 Å². The fourth-order valence-corrected chi connectivity index (χ4v) is 3.45. The lowest BCUT2D eigenvalue weighted by Crippen LogP contribution is -2.32. The Bertz CT molecular complexity index is 866. The van der Waals surface area contributed by atoms with Gasteiger partial charge in [0.15, 0.2) is 0 Å². The third-order valence-corrected chi connectivity index (χ3v) is 5.03. The first-order valence-electron chi connectivity index (χ1n) is 7.53. The van der Waals surface area contributed by atoms with Crippen LogP contribution in [0.5, 0.6) is 5.75 Å². The summed E-state index contributed by atoms with van der Waals surface area (Å²) in [5, 5.41) is 0.316. The third kappa shape index (κ3) is 4.20. The fraction of sp³-hybridized carbons (Fsp3) is 0.111. The molecule has 3 rings (SSSR count). The van der Waals surface area contributed by atoms with Crippen LogP contribution in [-0.4, -0.2) is 29.2 Å². The van der Waals surface area contributed by atoms with Crippen LogP contribution in [0.15, 0.2) is 47.4 Å². The van der Waals surface area contributed by atoms with E-state index in [0.29, 0.717) is 10.8 Å². The molecule has 0 N–H and O–H groups in total. The van der Waals surface area contributed by atoms with E-state index in [4.69, 9.17) is 27.9 Å². The Morgan fingerprint density at radius 3 is 2.54 bits per heavy atom. The SMILES string of the molecule is O=C1S/C(=C\c2c(F)cccc2Cl)C(=O)N1CCOc1ccc(Cl)cc1. The number of benzene rings is 2.